The molecule has 0 bridgehead atoms. The number of carbonyl (C=O) groups is 2. The normalized spacial score (nSPS) is 14.0. The number of nitrogens with zero attached hydrogens (tertiary/aromatic N) is 1. The molecule has 3 atom stereocenters. The van der Waals surface area contributed by atoms with Crippen molar-refractivity contribution < 1.29 is 37.3 Å². The van der Waals surface area contributed by atoms with Crippen molar-refractivity contribution in [1.82, 2.24) is 5.32 Å². The van der Waals surface area contributed by atoms with Crippen molar-refractivity contribution in [2.45, 2.75) is 283 Å². The summed E-state index contributed by atoms with van der Waals surface area (Å²) < 4.78 is 30.6. The van der Waals surface area contributed by atoms with E-state index in [0.717, 1.165) is 77.0 Å². The number of ether oxygens (including phenoxy) is 1. The van der Waals surface area contributed by atoms with Crippen LogP contribution in [0, 0.1) is 0 Å². The van der Waals surface area contributed by atoms with Crippen molar-refractivity contribution in [2.24, 2.45) is 0 Å². The van der Waals surface area contributed by atoms with E-state index < -0.39 is 20.0 Å². The summed E-state index contributed by atoms with van der Waals surface area (Å²) in [6.07, 6.45) is 57.0. The number of quaternary nitrogens is 1. The lowest BCUT2D eigenvalue weighted by atomic mass is 10.0. The van der Waals surface area contributed by atoms with E-state index in [1.54, 1.807) is 0 Å². The first-order valence-electron chi connectivity index (χ1n) is 28.8. The van der Waals surface area contributed by atoms with E-state index in [-0.39, 0.29) is 31.5 Å². The van der Waals surface area contributed by atoms with Crippen LogP contribution in [0.25, 0.3) is 0 Å². The number of hydrogen-bond acceptors (Lipinski definition) is 6. The van der Waals surface area contributed by atoms with Crippen LogP contribution >= 0.6 is 7.82 Å². The highest BCUT2D eigenvalue weighted by molar-refractivity contribution is 7.47. The smallest absolute Gasteiger partial charge is 0.456 e. The summed E-state index contributed by atoms with van der Waals surface area (Å²) in [5.74, 6) is -0.509. The molecule has 0 heterocycles. The summed E-state index contributed by atoms with van der Waals surface area (Å²) in [4.78, 5) is 37.6. The topological polar surface area (TPSA) is 111 Å². The van der Waals surface area contributed by atoms with Gasteiger partial charge in [-0.15, -0.1) is 0 Å². The molecule has 0 spiro atoms. The highest BCUT2D eigenvalue weighted by Crippen LogP contribution is 2.43. The first-order valence-corrected chi connectivity index (χ1v) is 30.3. The molecule has 0 saturated heterocycles. The summed E-state index contributed by atoms with van der Waals surface area (Å²) in [7, 11) is 1.50. The van der Waals surface area contributed by atoms with E-state index in [2.05, 4.69) is 50.4 Å². The predicted molar refractivity (Wildman–Crippen MR) is 291 cm³/mol. The maximum Gasteiger partial charge on any atom is 0.472 e. The minimum absolute atomic E-state index is 0.0403. The highest BCUT2D eigenvalue weighted by Gasteiger charge is 2.30. The standard InChI is InChI=1S/C58H111N2O7P/c1-7-10-13-16-19-22-25-28-30-33-36-39-42-45-48-51-58(62)67-56(49-46-43-40-37-34-31-27-24-21-18-15-12-9-3)55(54-66-68(63,64)65-53-52-60(4,5)6)59-57(61)50-47-44-41-38-35-32-29-26-23-20-17-14-11-8-2/h19,22,25,28,46,49,55-56H,7-18,20-21,23-24,26-27,29-45,47-48,50-54H2,1-6H3,(H-,59,61,63,64)/p+1/b22-19+,28-25+,49-46+. The third-order valence-electron chi connectivity index (χ3n) is 12.9. The molecule has 0 saturated carbocycles. The van der Waals surface area contributed by atoms with Crippen LogP contribution in [-0.2, 0) is 27.9 Å². The second kappa shape index (κ2) is 48.8. The van der Waals surface area contributed by atoms with Gasteiger partial charge in [-0.25, -0.2) is 4.57 Å². The Morgan fingerprint density at radius 2 is 0.882 bits per heavy atom. The lowest BCUT2D eigenvalue weighted by Gasteiger charge is -2.27. The number of allylic oxidation sites excluding steroid dienone is 5. The van der Waals surface area contributed by atoms with Crippen LogP contribution in [0.4, 0.5) is 0 Å². The fourth-order valence-corrected chi connectivity index (χ4v) is 9.08. The van der Waals surface area contributed by atoms with Gasteiger partial charge in [-0.2, -0.15) is 0 Å². The number of rotatable bonds is 52. The summed E-state index contributed by atoms with van der Waals surface area (Å²) in [5, 5.41) is 3.05. The monoisotopic (exact) mass is 980 g/mol. The van der Waals surface area contributed by atoms with Gasteiger partial charge in [0, 0.05) is 12.8 Å². The SMILES string of the molecule is CCCCC/C=C/C=C/CCCCCCCCC(=O)OC(/C=C/CCCCCCCCCCCCC)C(COP(=O)(O)OCC[N+](C)(C)C)NC(=O)CCCCCCCCCCCCCCCC. The second-order valence-electron chi connectivity index (χ2n) is 20.9. The molecule has 400 valence electrons. The Morgan fingerprint density at radius 3 is 1.32 bits per heavy atom. The molecule has 0 aliphatic heterocycles. The zero-order valence-electron chi connectivity index (χ0n) is 45.6. The second-order valence-corrected chi connectivity index (χ2v) is 22.3. The van der Waals surface area contributed by atoms with Crippen LogP contribution in [0.3, 0.4) is 0 Å². The van der Waals surface area contributed by atoms with Crippen LogP contribution in [-0.4, -0.2) is 74.3 Å². The number of phosphoric ester groups is 1. The van der Waals surface area contributed by atoms with E-state index >= 15 is 0 Å². The molecular weight excluding hydrogens is 868 g/mol. The minimum Gasteiger partial charge on any atom is -0.456 e. The van der Waals surface area contributed by atoms with Crippen molar-refractivity contribution in [2.75, 3.05) is 40.9 Å². The molecular formula is C58H112N2O7P+. The Balaban J connectivity index is 5.38. The van der Waals surface area contributed by atoms with Crippen LogP contribution in [0.5, 0.6) is 0 Å². The summed E-state index contributed by atoms with van der Waals surface area (Å²) in [6.45, 7) is 6.99. The zero-order chi connectivity index (χ0) is 50.1. The Bertz CT molecular complexity index is 1270. The van der Waals surface area contributed by atoms with Gasteiger partial charge in [0.1, 0.15) is 19.3 Å². The quantitative estimate of drug-likeness (QED) is 0.0156. The molecule has 0 fully saturated rings. The minimum atomic E-state index is -4.44. The number of unbranched alkanes of at least 4 members (excludes halogenated alkanes) is 33. The lowest BCUT2D eigenvalue weighted by molar-refractivity contribution is -0.870. The number of likely N-dealkylation sites (N-methyl/N-ethyl adjacent to an activating group) is 1. The van der Waals surface area contributed by atoms with E-state index in [9.17, 15) is 19.0 Å². The number of phosphoric acid groups is 1. The van der Waals surface area contributed by atoms with Gasteiger partial charge in [0.2, 0.25) is 5.91 Å². The molecule has 0 aromatic heterocycles. The lowest BCUT2D eigenvalue weighted by Crippen LogP contribution is -2.47. The van der Waals surface area contributed by atoms with Gasteiger partial charge >= 0.3 is 13.8 Å². The molecule has 0 aromatic rings. The molecule has 0 aliphatic rings. The fourth-order valence-electron chi connectivity index (χ4n) is 8.34. The summed E-state index contributed by atoms with van der Waals surface area (Å²) in [5.41, 5.74) is 0. The van der Waals surface area contributed by atoms with Crippen LogP contribution in [0.15, 0.2) is 36.5 Å². The van der Waals surface area contributed by atoms with Crippen molar-refractivity contribution in [3.63, 3.8) is 0 Å². The third-order valence-corrected chi connectivity index (χ3v) is 13.8. The van der Waals surface area contributed by atoms with Crippen molar-refractivity contribution in [3.05, 3.63) is 36.5 Å². The van der Waals surface area contributed by atoms with Gasteiger partial charge in [-0.05, 0) is 57.4 Å². The molecule has 68 heavy (non-hydrogen) atoms. The molecule has 9 nitrogen and oxygen atoms in total. The van der Waals surface area contributed by atoms with Gasteiger partial charge < -0.3 is 19.4 Å². The predicted octanol–water partition coefficient (Wildman–Crippen LogP) is 17.2. The first kappa shape index (κ1) is 66.2. The number of carbonyl (C=O) groups excluding carboxylic acids is 2. The highest BCUT2D eigenvalue weighted by atomic mass is 31.2. The Kier molecular flexibility index (Phi) is 47.6. The van der Waals surface area contributed by atoms with Crippen LogP contribution in [0.1, 0.15) is 271 Å². The van der Waals surface area contributed by atoms with Crippen LogP contribution < -0.4 is 5.32 Å². The molecule has 10 heteroatoms. The van der Waals surface area contributed by atoms with E-state index in [1.807, 2.05) is 33.3 Å². The van der Waals surface area contributed by atoms with E-state index in [4.69, 9.17) is 13.8 Å². The summed E-state index contributed by atoms with van der Waals surface area (Å²) in [6, 6.07) is -0.847. The van der Waals surface area contributed by atoms with E-state index in [1.165, 1.54) is 161 Å². The van der Waals surface area contributed by atoms with Crippen molar-refractivity contribution >= 4 is 19.7 Å². The molecule has 0 rings (SSSR count). The van der Waals surface area contributed by atoms with Gasteiger partial charge in [-0.1, -0.05) is 237 Å². The van der Waals surface area contributed by atoms with Crippen molar-refractivity contribution in [1.29, 1.82) is 0 Å². The molecule has 0 aromatic carbocycles. The van der Waals surface area contributed by atoms with Gasteiger partial charge in [0.05, 0.1) is 33.8 Å². The molecule has 2 N–H and O–H groups in total. The molecule has 3 unspecified atom stereocenters. The number of amides is 1. The summed E-state index contributed by atoms with van der Waals surface area (Å²) >= 11 is 0. The zero-order valence-corrected chi connectivity index (χ0v) is 46.5. The average Bonchev–Trinajstić information content (AvgIpc) is 3.29. The number of esters is 1. The van der Waals surface area contributed by atoms with Crippen LogP contribution in [0.2, 0.25) is 0 Å². The largest absolute Gasteiger partial charge is 0.472 e. The number of nitrogens with one attached hydrogen (secondary N) is 1. The van der Waals surface area contributed by atoms with Gasteiger partial charge in [0.15, 0.2) is 0 Å². The maximum atomic E-state index is 13.5. The molecule has 1 amide bonds. The fraction of sp³-hybridized carbons (Fsp3) is 0.862. The van der Waals surface area contributed by atoms with Gasteiger partial charge in [0.25, 0.3) is 0 Å². The van der Waals surface area contributed by atoms with Gasteiger partial charge in [-0.3, -0.25) is 18.6 Å². The maximum absolute atomic E-state index is 13.5. The Hall–Kier alpha value is -1.77. The Morgan fingerprint density at radius 1 is 0.515 bits per heavy atom. The number of hydrogen-bond donors (Lipinski definition) is 2. The third kappa shape index (κ3) is 49.2. The van der Waals surface area contributed by atoms with Crippen molar-refractivity contribution in [3.8, 4) is 0 Å². The molecule has 0 radical (unpaired) electrons. The first-order chi connectivity index (χ1) is 32.9. The molecule has 0 aliphatic carbocycles. The van der Waals surface area contributed by atoms with E-state index in [0.29, 0.717) is 17.4 Å². The Labute approximate surface area is 421 Å². The average molecular weight is 981 g/mol.